The predicted molar refractivity (Wildman–Crippen MR) is 150 cm³/mol. The summed E-state index contributed by atoms with van der Waals surface area (Å²) in [5.74, 6) is -0.0866. The third kappa shape index (κ3) is 5.13. The van der Waals surface area contributed by atoms with E-state index in [0.29, 0.717) is 28.7 Å². The highest BCUT2D eigenvalue weighted by Crippen LogP contribution is 2.28. The molecule has 0 saturated carbocycles. The molecule has 0 bridgehead atoms. The number of nitrogen functional groups attached to an aromatic ring is 1. The molecule has 5 aromatic rings. The lowest BCUT2D eigenvalue weighted by Gasteiger charge is -2.11. The first kappa shape index (κ1) is 24.0. The summed E-state index contributed by atoms with van der Waals surface area (Å²) >= 11 is 0. The van der Waals surface area contributed by atoms with Crippen LogP contribution in [0.15, 0.2) is 84.0 Å². The van der Waals surface area contributed by atoms with Crippen molar-refractivity contribution in [2.75, 3.05) is 31.3 Å². The topological polar surface area (TPSA) is 101 Å². The van der Waals surface area contributed by atoms with Crippen LogP contribution in [-0.4, -0.2) is 47.4 Å². The number of aryl methyl sites for hydroxylation is 1. The molecule has 0 aliphatic carbocycles. The number of nitrogens with one attached hydrogen (secondary N) is 1. The van der Waals surface area contributed by atoms with Crippen LogP contribution in [0.4, 0.5) is 11.5 Å². The van der Waals surface area contributed by atoms with Crippen molar-refractivity contribution in [1.82, 2.24) is 20.0 Å². The summed E-state index contributed by atoms with van der Waals surface area (Å²) < 4.78 is 1.49. The molecule has 0 spiro atoms. The van der Waals surface area contributed by atoms with Gasteiger partial charge in [-0.15, -0.1) is 0 Å². The van der Waals surface area contributed by atoms with Gasteiger partial charge in [-0.05, 0) is 48.2 Å². The Morgan fingerprint density at radius 2 is 1.65 bits per heavy atom. The third-order valence-electron chi connectivity index (χ3n) is 6.20. The molecular weight excluding hydrogens is 462 g/mol. The van der Waals surface area contributed by atoms with E-state index < -0.39 is 0 Å². The first-order valence-corrected chi connectivity index (χ1v) is 12.2. The van der Waals surface area contributed by atoms with Crippen molar-refractivity contribution in [2.45, 2.75) is 12.8 Å². The molecule has 0 aliphatic rings. The van der Waals surface area contributed by atoms with Gasteiger partial charge in [0, 0.05) is 26.3 Å². The van der Waals surface area contributed by atoms with Gasteiger partial charge in [-0.25, -0.2) is 9.97 Å². The third-order valence-corrected chi connectivity index (χ3v) is 6.20. The quantitative estimate of drug-likeness (QED) is 0.246. The number of rotatable bonds is 8. The van der Waals surface area contributed by atoms with Crippen LogP contribution in [0.25, 0.3) is 22.2 Å². The summed E-state index contributed by atoms with van der Waals surface area (Å²) in [6.07, 6.45) is 3.39. The molecule has 8 heteroatoms. The Morgan fingerprint density at radius 1 is 0.973 bits per heavy atom. The normalized spacial score (nSPS) is 11.4. The molecule has 3 aromatic carbocycles. The van der Waals surface area contributed by atoms with E-state index in [9.17, 15) is 4.79 Å². The number of carbonyl (C=O) groups is 1. The fourth-order valence-electron chi connectivity index (χ4n) is 4.20. The highest BCUT2D eigenvalue weighted by Gasteiger charge is 2.23. The summed E-state index contributed by atoms with van der Waals surface area (Å²) in [6.45, 7) is 0.516. The number of aromatic nitrogens is 3. The van der Waals surface area contributed by atoms with E-state index in [1.54, 1.807) is 6.21 Å². The second kappa shape index (κ2) is 10.5. The molecule has 3 N–H and O–H groups in total. The first-order chi connectivity index (χ1) is 18.0. The summed E-state index contributed by atoms with van der Waals surface area (Å²) in [6, 6.07) is 25.7. The minimum Gasteiger partial charge on any atom is -0.383 e. The van der Waals surface area contributed by atoms with E-state index >= 15 is 0 Å². The predicted octanol–water partition coefficient (Wildman–Crippen LogP) is 4.48. The van der Waals surface area contributed by atoms with E-state index in [2.05, 4.69) is 22.6 Å². The Bertz CT molecular complexity index is 1570. The summed E-state index contributed by atoms with van der Waals surface area (Å²) in [5.41, 5.74) is 12.3. The number of para-hydroxylation sites is 2. The number of benzene rings is 3. The Labute approximate surface area is 215 Å². The molecular formula is C29H29N7O. The molecule has 37 heavy (non-hydrogen) atoms. The van der Waals surface area contributed by atoms with Crippen molar-refractivity contribution in [2.24, 2.45) is 5.10 Å². The van der Waals surface area contributed by atoms with Crippen LogP contribution in [-0.2, 0) is 6.42 Å². The van der Waals surface area contributed by atoms with Crippen molar-refractivity contribution in [3.8, 4) is 0 Å². The maximum atomic E-state index is 13.3. The van der Waals surface area contributed by atoms with Gasteiger partial charge >= 0.3 is 0 Å². The Hall–Kier alpha value is -4.72. The van der Waals surface area contributed by atoms with Gasteiger partial charge in [0.2, 0.25) is 0 Å². The number of nitrogens with two attached hydrogens (primary N) is 1. The molecule has 5 rings (SSSR count). The average Bonchev–Trinajstić information content (AvgIpc) is 3.19. The van der Waals surface area contributed by atoms with Gasteiger partial charge in [0.1, 0.15) is 16.9 Å². The van der Waals surface area contributed by atoms with Crippen LogP contribution >= 0.6 is 0 Å². The molecule has 0 fully saturated rings. The Kier molecular flexibility index (Phi) is 6.81. The second-order valence-corrected chi connectivity index (χ2v) is 9.03. The number of fused-ring (bicyclic) bond motifs is 2. The minimum absolute atomic E-state index is 0.201. The van der Waals surface area contributed by atoms with Gasteiger partial charge in [-0.3, -0.25) is 4.79 Å². The van der Waals surface area contributed by atoms with Gasteiger partial charge in [0.25, 0.3) is 5.91 Å². The summed E-state index contributed by atoms with van der Waals surface area (Å²) in [7, 11) is 3.99. The number of amides is 1. The largest absolute Gasteiger partial charge is 0.383 e. The number of carbonyl (C=O) groups excluding carboxylic acids is 1. The number of anilines is 2. The van der Waals surface area contributed by atoms with Crippen molar-refractivity contribution in [1.29, 1.82) is 0 Å². The van der Waals surface area contributed by atoms with E-state index in [0.717, 1.165) is 24.1 Å². The molecule has 8 nitrogen and oxygen atoms in total. The van der Waals surface area contributed by atoms with Gasteiger partial charge < -0.3 is 16.0 Å². The van der Waals surface area contributed by atoms with Crippen LogP contribution in [0.3, 0.4) is 0 Å². The lowest BCUT2D eigenvalue weighted by molar-refractivity contribution is 0.0955. The molecule has 1 amide bonds. The first-order valence-electron chi connectivity index (χ1n) is 12.2. The zero-order chi connectivity index (χ0) is 25.8. The Morgan fingerprint density at radius 3 is 2.35 bits per heavy atom. The van der Waals surface area contributed by atoms with Crippen LogP contribution in [0.2, 0.25) is 0 Å². The molecule has 2 aromatic heterocycles. The standard InChI is InChI=1S/C29H29N7O/c1-35(2)22-16-14-21(15-17-22)19-32-36-27(30)25(26-28(36)34-24-13-7-6-12-23(24)33-26)29(37)31-18-8-11-20-9-4-3-5-10-20/h3-7,9-10,12-17,19H,8,11,18,30H2,1-2H3,(H,31,37). The molecule has 0 saturated heterocycles. The molecule has 0 unspecified atom stereocenters. The van der Waals surface area contributed by atoms with Gasteiger partial charge in [0.15, 0.2) is 5.65 Å². The fraction of sp³-hybridized carbons (Fsp3) is 0.172. The zero-order valence-corrected chi connectivity index (χ0v) is 20.9. The summed E-state index contributed by atoms with van der Waals surface area (Å²) in [5, 5.41) is 7.59. The van der Waals surface area contributed by atoms with Gasteiger partial charge in [-0.1, -0.05) is 54.6 Å². The average molecular weight is 492 g/mol. The molecule has 0 aliphatic heterocycles. The van der Waals surface area contributed by atoms with E-state index in [1.807, 2.05) is 85.7 Å². The second-order valence-electron chi connectivity index (χ2n) is 9.03. The molecule has 2 heterocycles. The van der Waals surface area contributed by atoms with Crippen molar-refractivity contribution >= 4 is 45.8 Å². The number of hydrogen-bond acceptors (Lipinski definition) is 6. The van der Waals surface area contributed by atoms with Crippen molar-refractivity contribution in [3.05, 3.63) is 95.6 Å². The van der Waals surface area contributed by atoms with Crippen LogP contribution in [0, 0.1) is 0 Å². The van der Waals surface area contributed by atoms with Crippen molar-refractivity contribution < 1.29 is 4.79 Å². The molecule has 0 radical (unpaired) electrons. The van der Waals surface area contributed by atoms with Gasteiger partial charge in [0.05, 0.1) is 17.2 Å². The molecule has 186 valence electrons. The number of nitrogens with zero attached hydrogens (tertiary/aromatic N) is 5. The highest BCUT2D eigenvalue weighted by molar-refractivity contribution is 6.10. The van der Waals surface area contributed by atoms with Crippen LogP contribution in [0.5, 0.6) is 0 Å². The molecule has 0 atom stereocenters. The van der Waals surface area contributed by atoms with Crippen LogP contribution in [0.1, 0.15) is 27.9 Å². The monoisotopic (exact) mass is 491 g/mol. The minimum atomic E-state index is -0.288. The highest BCUT2D eigenvalue weighted by atomic mass is 16.1. The van der Waals surface area contributed by atoms with E-state index in [-0.39, 0.29) is 17.3 Å². The Balaban J connectivity index is 1.46. The van der Waals surface area contributed by atoms with Crippen molar-refractivity contribution in [3.63, 3.8) is 0 Å². The zero-order valence-electron chi connectivity index (χ0n) is 20.9. The SMILES string of the molecule is CN(C)c1ccc(C=Nn2c(N)c(C(=O)NCCCc3ccccc3)c3nc4ccccc4nc32)cc1. The van der Waals surface area contributed by atoms with Gasteiger partial charge in [-0.2, -0.15) is 9.78 Å². The lowest BCUT2D eigenvalue weighted by atomic mass is 10.1. The summed E-state index contributed by atoms with van der Waals surface area (Å²) in [4.78, 5) is 24.8. The van der Waals surface area contributed by atoms with Crippen LogP contribution < -0.4 is 16.0 Å². The maximum absolute atomic E-state index is 13.3. The lowest BCUT2D eigenvalue weighted by Crippen LogP contribution is -2.25. The maximum Gasteiger partial charge on any atom is 0.257 e. The fourth-order valence-corrected chi connectivity index (χ4v) is 4.20. The van der Waals surface area contributed by atoms with E-state index in [1.165, 1.54) is 10.2 Å². The van der Waals surface area contributed by atoms with E-state index in [4.69, 9.17) is 15.7 Å². The number of hydrogen-bond donors (Lipinski definition) is 2. The smallest absolute Gasteiger partial charge is 0.257 e.